The van der Waals surface area contributed by atoms with Crippen LogP contribution in [0.5, 0.6) is 0 Å². The van der Waals surface area contributed by atoms with E-state index < -0.39 is 23.6 Å². The quantitative estimate of drug-likeness (QED) is 0.531. The molecule has 32 heavy (non-hydrogen) atoms. The molecule has 164 valence electrons. The van der Waals surface area contributed by atoms with E-state index >= 15 is 0 Å². The number of hydrogen-bond donors (Lipinski definition) is 2. The van der Waals surface area contributed by atoms with Gasteiger partial charge in [-0.15, -0.1) is 0 Å². The molecule has 0 saturated heterocycles. The number of aryl methyl sites for hydroxylation is 2. The molecule has 0 bridgehead atoms. The van der Waals surface area contributed by atoms with Gasteiger partial charge in [0.25, 0.3) is 11.8 Å². The molecule has 1 fully saturated rings. The minimum atomic E-state index is -1.00. The lowest BCUT2D eigenvalue weighted by molar-refractivity contribution is -0.139. The van der Waals surface area contributed by atoms with E-state index in [1.54, 1.807) is 19.2 Å². The molecule has 1 aromatic carbocycles. The van der Waals surface area contributed by atoms with Gasteiger partial charge in [0.15, 0.2) is 5.82 Å². The Kier molecular flexibility index (Phi) is 6.11. The molecule has 2 heterocycles. The Morgan fingerprint density at radius 2 is 1.84 bits per heavy atom. The van der Waals surface area contributed by atoms with Gasteiger partial charge in [0.1, 0.15) is 11.7 Å². The highest BCUT2D eigenvalue weighted by molar-refractivity contribution is 6.38. The topological polar surface area (TPSA) is 106 Å². The minimum absolute atomic E-state index is 0.0516. The van der Waals surface area contributed by atoms with Crippen molar-refractivity contribution >= 4 is 17.6 Å². The van der Waals surface area contributed by atoms with Gasteiger partial charge in [0.2, 0.25) is 5.78 Å². The Labute approximate surface area is 186 Å². The smallest absolute Gasteiger partial charge is 0.289 e. The Balaban J connectivity index is 1.60. The fourth-order valence-electron chi connectivity index (χ4n) is 3.46. The summed E-state index contributed by atoms with van der Waals surface area (Å²) in [4.78, 5) is 43.0. The molecule has 0 radical (unpaired) electrons. The molecular weight excluding hydrogens is 406 g/mol. The van der Waals surface area contributed by atoms with Crippen molar-refractivity contribution in [2.45, 2.75) is 45.2 Å². The Bertz CT molecular complexity index is 1150. The van der Waals surface area contributed by atoms with Crippen molar-refractivity contribution < 1.29 is 14.4 Å². The highest BCUT2D eigenvalue weighted by Gasteiger charge is 2.32. The lowest BCUT2D eigenvalue weighted by Crippen LogP contribution is -2.49. The second-order valence-electron chi connectivity index (χ2n) is 8.05. The molecule has 8 heteroatoms. The molecule has 2 N–H and O–H groups in total. The van der Waals surface area contributed by atoms with Crippen molar-refractivity contribution in [2.24, 2.45) is 0 Å². The molecule has 0 aliphatic heterocycles. The number of Topliss-reactive ketones (excluding diaryl/α,β-unsaturated/α-hetero) is 1. The molecule has 2 aromatic heterocycles. The van der Waals surface area contributed by atoms with Gasteiger partial charge in [-0.2, -0.15) is 5.10 Å². The summed E-state index contributed by atoms with van der Waals surface area (Å²) in [6.45, 7) is 3.66. The van der Waals surface area contributed by atoms with E-state index in [-0.39, 0.29) is 18.2 Å². The predicted octanol–water partition coefficient (Wildman–Crippen LogP) is 2.07. The van der Waals surface area contributed by atoms with Gasteiger partial charge in [0, 0.05) is 18.7 Å². The fraction of sp³-hybridized carbons (Fsp3) is 0.292. The van der Waals surface area contributed by atoms with E-state index in [9.17, 15) is 14.4 Å². The van der Waals surface area contributed by atoms with Crippen LogP contribution in [0.4, 0.5) is 0 Å². The first-order valence-corrected chi connectivity index (χ1v) is 10.6. The summed E-state index contributed by atoms with van der Waals surface area (Å²) >= 11 is 0. The number of aromatic nitrogens is 3. The average molecular weight is 431 g/mol. The third-order valence-corrected chi connectivity index (χ3v) is 5.29. The van der Waals surface area contributed by atoms with Crippen LogP contribution in [0.1, 0.15) is 40.2 Å². The zero-order valence-corrected chi connectivity index (χ0v) is 18.0. The summed E-state index contributed by atoms with van der Waals surface area (Å²) in [5.74, 6) is -1.29. The lowest BCUT2D eigenvalue weighted by Gasteiger charge is -2.18. The summed E-state index contributed by atoms with van der Waals surface area (Å²) in [7, 11) is 0. The van der Waals surface area contributed by atoms with Crippen molar-refractivity contribution in [1.29, 1.82) is 0 Å². The van der Waals surface area contributed by atoms with E-state index in [1.165, 1.54) is 4.68 Å². The number of amides is 2. The third kappa shape index (κ3) is 4.91. The fourth-order valence-corrected chi connectivity index (χ4v) is 3.46. The van der Waals surface area contributed by atoms with Crippen molar-refractivity contribution in [3.63, 3.8) is 0 Å². The molecule has 4 rings (SSSR count). The standard InChI is InChI=1S/C24H25N5O3/c1-15-7-6-12-25-22(15)29-20(13-16(2)28-29)23(31)27-19(14-17-8-4-3-5-9-17)21(30)24(32)26-18-10-11-18/h3-9,12-13,18-19H,10-11,14H2,1-2H3,(H,26,32)(H,27,31). The van der Waals surface area contributed by atoms with Gasteiger partial charge in [-0.25, -0.2) is 9.67 Å². The minimum Gasteiger partial charge on any atom is -0.347 e. The maximum atomic E-state index is 13.2. The van der Waals surface area contributed by atoms with Crippen LogP contribution >= 0.6 is 0 Å². The van der Waals surface area contributed by atoms with Gasteiger partial charge in [-0.3, -0.25) is 14.4 Å². The zero-order chi connectivity index (χ0) is 22.7. The number of ketones is 1. The van der Waals surface area contributed by atoms with E-state index in [4.69, 9.17) is 0 Å². The normalized spacial score (nSPS) is 13.9. The second-order valence-corrected chi connectivity index (χ2v) is 8.05. The number of carbonyl (C=O) groups excluding carboxylic acids is 3. The number of hydrogen-bond acceptors (Lipinski definition) is 5. The second kappa shape index (κ2) is 9.13. The molecule has 0 spiro atoms. The van der Waals surface area contributed by atoms with Crippen molar-refractivity contribution in [3.05, 3.63) is 77.2 Å². The first-order valence-electron chi connectivity index (χ1n) is 10.6. The van der Waals surface area contributed by atoms with Crippen LogP contribution < -0.4 is 10.6 Å². The maximum Gasteiger partial charge on any atom is 0.289 e. The Morgan fingerprint density at radius 1 is 1.09 bits per heavy atom. The summed E-state index contributed by atoms with van der Waals surface area (Å²) in [6, 6.07) is 13.7. The summed E-state index contributed by atoms with van der Waals surface area (Å²) < 4.78 is 1.47. The molecular formula is C24H25N5O3. The Hall–Kier alpha value is -3.81. The number of nitrogens with zero attached hydrogens (tertiary/aromatic N) is 3. The third-order valence-electron chi connectivity index (χ3n) is 5.29. The number of carbonyl (C=O) groups is 3. The van der Waals surface area contributed by atoms with E-state index in [2.05, 4.69) is 20.7 Å². The van der Waals surface area contributed by atoms with Crippen LogP contribution in [0.3, 0.4) is 0 Å². The number of pyridine rings is 1. The first-order chi connectivity index (χ1) is 15.4. The maximum absolute atomic E-state index is 13.2. The van der Waals surface area contributed by atoms with Gasteiger partial charge in [0.05, 0.1) is 5.69 Å². The van der Waals surface area contributed by atoms with Crippen molar-refractivity contribution in [3.8, 4) is 5.82 Å². The molecule has 2 amide bonds. The highest BCUT2D eigenvalue weighted by Crippen LogP contribution is 2.19. The van der Waals surface area contributed by atoms with Crippen molar-refractivity contribution in [1.82, 2.24) is 25.4 Å². The van der Waals surface area contributed by atoms with E-state index in [1.807, 2.05) is 49.4 Å². The molecule has 1 saturated carbocycles. The number of rotatable bonds is 8. The van der Waals surface area contributed by atoms with E-state index in [0.29, 0.717) is 11.5 Å². The summed E-state index contributed by atoms with van der Waals surface area (Å²) in [5.41, 5.74) is 2.58. The number of benzene rings is 1. The van der Waals surface area contributed by atoms with Gasteiger partial charge < -0.3 is 10.6 Å². The molecule has 1 unspecified atom stereocenters. The zero-order valence-electron chi connectivity index (χ0n) is 18.0. The summed E-state index contributed by atoms with van der Waals surface area (Å²) in [6.07, 6.45) is 3.58. The van der Waals surface area contributed by atoms with Gasteiger partial charge in [-0.1, -0.05) is 36.4 Å². The molecule has 1 aliphatic carbocycles. The Morgan fingerprint density at radius 3 is 2.53 bits per heavy atom. The molecule has 1 aliphatic rings. The van der Waals surface area contributed by atoms with E-state index in [0.717, 1.165) is 24.0 Å². The van der Waals surface area contributed by atoms with Crippen LogP contribution in [0.25, 0.3) is 5.82 Å². The van der Waals surface area contributed by atoms with Crippen LogP contribution in [0.15, 0.2) is 54.7 Å². The average Bonchev–Trinajstić information content (AvgIpc) is 3.52. The van der Waals surface area contributed by atoms with Crippen LogP contribution in [0.2, 0.25) is 0 Å². The van der Waals surface area contributed by atoms with Gasteiger partial charge in [-0.05, 0) is 49.9 Å². The lowest BCUT2D eigenvalue weighted by atomic mass is 10.0. The van der Waals surface area contributed by atoms with Crippen LogP contribution in [-0.2, 0) is 16.0 Å². The monoisotopic (exact) mass is 431 g/mol. The van der Waals surface area contributed by atoms with Crippen molar-refractivity contribution in [2.75, 3.05) is 0 Å². The first kappa shape index (κ1) is 21.4. The van der Waals surface area contributed by atoms with Crippen LogP contribution in [-0.4, -0.2) is 44.4 Å². The molecule has 3 aromatic rings. The van der Waals surface area contributed by atoms with Crippen LogP contribution in [0, 0.1) is 13.8 Å². The predicted molar refractivity (Wildman–Crippen MR) is 118 cm³/mol. The highest BCUT2D eigenvalue weighted by atomic mass is 16.2. The summed E-state index contributed by atoms with van der Waals surface area (Å²) in [5, 5.41) is 9.89. The largest absolute Gasteiger partial charge is 0.347 e. The SMILES string of the molecule is Cc1cc(C(=O)NC(Cc2ccccc2)C(=O)C(=O)NC2CC2)n(-c2ncccc2C)n1. The van der Waals surface area contributed by atoms with Gasteiger partial charge >= 0.3 is 0 Å². The number of nitrogens with one attached hydrogen (secondary N) is 2. The molecule has 8 nitrogen and oxygen atoms in total. The molecule has 1 atom stereocenters.